The fraction of sp³-hybridized carbons (Fsp3) is 0.233. The van der Waals surface area contributed by atoms with Crippen LogP contribution in [0.1, 0.15) is 66.5 Å². The lowest BCUT2D eigenvalue weighted by Crippen LogP contribution is -2.48. The maximum Gasteiger partial charge on any atom is 0.341 e. The molecule has 1 amide bonds. The number of hydrogen-bond donors (Lipinski definition) is 2. The summed E-state index contributed by atoms with van der Waals surface area (Å²) in [5, 5.41) is 12.8. The third-order valence-corrected chi connectivity index (χ3v) is 8.46. The first-order valence-corrected chi connectivity index (χ1v) is 17.3. The van der Waals surface area contributed by atoms with Crippen molar-refractivity contribution >= 4 is 39.7 Å². The van der Waals surface area contributed by atoms with E-state index in [9.17, 15) is 29.1 Å². The Hall–Kier alpha value is -6.29. The number of pyridine rings is 2. The first-order valence-electron chi connectivity index (χ1n) is 17.3. The average Bonchev–Trinajstić information content (AvgIpc) is 3.13. The van der Waals surface area contributed by atoms with Gasteiger partial charge in [-0.2, -0.15) is 0 Å². The van der Waals surface area contributed by atoms with E-state index in [1.165, 1.54) is 6.20 Å². The molecule has 2 aromatic heterocycles. The van der Waals surface area contributed by atoms with E-state index < -0.39 is 34.9 Å². The first-order chi connectivity index (χ1) is 25.2. The van der Waals surface area contributed by atoms with Crippen LogP contribution in [0.2, 0.25) is 0 Å². The van der Waals surface area contributed by atoms with Crippen molar-refractivity contribution in [2.45, 2.75) is 59.4 Å². The summed E-state index contributed by atoms with van der Waals surface area (Å²) in [5.74, 6) is -2.52. The van der Waals surface area contributed by atoms with Gasteiger partial charge in [0.25, 0.3) is 5.91 Å². The summed E-state index contributed by atoms with van der Waals surface area (Å²) < 4.78 is 9.15. The molecular formula is C43H43N3O7. The second-order valence-electron chi connectivity index (χ2n) is 14.0. The van der Waals surface area contributed by atoms with Crippen LogP contribution in [-0.2, 0) is 22.6 Å². The van der Waals surface area contributed by atoms with E-state index in [4.69, 9.17) is 4.74 Å². The number of aromatic nitrogens is 2. The van der Waals surface area contributed by atoms with Crippen LogP contribution < -0.4 is 16.2 Å². The molecule has 2 heterocycles. The fourth-order valence-corrected chi connectivity index (χ4v) is 5.91. The van der Waals surface area contributed by atoms with Crippen molar-refractivity contribution in [3.05, 3.63) is 164 Å². The Morgan fingerprint density at radius 2 is 1.08 bits per heavy atom. The molecule has 0 aliphatic heterocycles. The van der Waals surface area contributed by atoms with E-state index in [-0.39, 0.29) is 22.5 Å². The third-order valence-electron chi connectivity index (χ3n) is 8.46. The van der Waals surface area contributed by atoms with Crippen molar-refractivity contribution < 1.29 is 24.2 Å². The number of ether oxygens (including phenoxy) is 1. The molecule has 0 unspecified atom stereocenters. The topological polar surface area (TPSA) is 137 Å². The van der Waals surface area contributed by atoms with E-state index in [0.29, 0.717) is 23.9 Å². The molecule has 6 aromatic rings. The molecule has 0 bridgehead atoms. The molecule has 0 spiro atoms. The molecular weight excluding hydrogens is 670 g/mol. The Morgan fingerprint density at radius 1 is 0.660 bits per heavy atom. The van der Waals surface area contributed by atoms with Crippen LogP contribution in [0.4, 0.5) is 0 Å². The monoisotopic (exact) mass is 713 g/mol. The summed E-state index contributed by atoms with van der Waals surface area (Å²) in [5.41, 5.74) is 1.86. The predicted molar refractivity (Wildman–Crippen MR) is 206 cm³/mol. The second-order valence-corrected chi connectivity index (χ2v) is 14.0. The number of esters is 1. The second kappa shape index (κ2) is 16.4. The predicted octanol–water partition coefficient (Wildman–Crippen LogP) is 6.89. The van der Waals surface area contributed by atoms with Gasteiger partial charge in [0, 0.05) is 36.3 Å². The smallest absolute Gasteiger partial charge is 0.341 e. The highest BCUT2D eigenvalue weighted by atomic mass is 16.6. The number of hydrogen-bond acceptors (Lipinski definition) is 6. The lowest BCUT2D eigenvalue weighted by atomic mass is 10.0. The summed E-state index contributed by atoms with van der Waals surface area (Å²) in [4.78, 5) is 62.4. The Bertz CT molecular complexity index is 2370. The van der Waals surface area contributed by atoms with Gasteiger partial charge in [-0.1, -0.05) is 98.8 Å². The number of carbonyl (C=O) groups is 3. The van der Waals surface area contributed by atoms with E-state index in [2.05, 4.69) is 5.32 Å². The molecule has 4 aromatic carbocycles. The quantitative estimate of drug-likeness (QED) is 0.156. The maximum absolute atomic E-state index is 13.2. The van der Waals surface area contributed by atoms with Crippen molar-refractivity contribution in [1.82, 2.24) is 14.5 Å². The largest absolute Gasteiger partial charge is 0.477 e. The Kier molecular flexibility index (Phi) is 11.7. The minimum absolute atomic E-state index is 0.00570. The van der Waals surface area contributed by atoms with Gasteiger partial charge in [0.2, 0.25) is 10.9 Å². The van der Waals surface area contributed by atoms with Crippen molar-refractivity contribution in [2.24, 2.45) is 5.92 Å². The highest BCUT2D eigenvalue weighted by molar-refractivity contribution is 5.99. The molecule has 0 aliphatic carbocycles. The number of fused-ring (bicyclic) bond motifs is 2. The van der Waals surface area contributed by atoms with E-state index in [1.54, 1.807) is 55.8 Å². The highest BCUT2D eigenvalue weighted by Crippen LogP contribution is 2.17. The number of benzene rings is 4. The maximum atomic E-state index is 13.2. The number of amides is 1. The van der Waals surface area contributed by atoms with Gasteiger partial charge in [-0.05, 0) is 62.1 Å². The Balaban J connectivity index is 0.000000222. The molecule has 0 aliphatic rings. The van der Waals surface area contributed by atoms with Crippen molar-refractivity contribution in [3.8, 4) is 0 Å². The van der Waals surface area contributed by atoms with Crippen molar-refractivity contribution in [1.29, 1.82) is 0 Å². The van der Waals surface area contributed by atoms with Crippen LogP contribution in [0.5, 0.6) is 0 Å². The van der Waals surface area contributed by atoms with Crippen LogP contribution in [0, 0.1) is 5.92 Å². The molecule has 272 valence electrons. The van der Waals surface area contributed by atoms with Gasteiger partial charge in [-0.3, -0.25) is 14.4 Å². The third kappa shape index (κ3) is 9.34. The summed E-state index contributed by atoms with van der Waals surface area (Å²) in [6.07, 6.45) is 2.99. The number of carbonyl (C=O) groups excluding carboxylic acids is 2. The van der Waals surface area contributed by atoms with Crippen molar-refractivity contribution in [3.63, 3.8) is 0 Å². The van der Waals surface area contributed by atoms with Crippen LogP contribution in [-0.4, -0.2) is 43.7 Å². The van der Waals surface area contributed by atoms with Gasteiger partial charge in [0.1, 0.15) is 22.8 Å². The van der Waals surface area contributed by atoms with Gasteiger partial charge in [-0.25, -0.2) is 9.59 Å². The number of carboxylic acid groups (broad SMARTS) is 1. The molecule has 0 saturated heterocycles. The summed E-state index contributed by atoms with van der Waals surface area (Å²) in [7, 11) is 0. The molecule has 0 fully saturated rings. The number of aromatic carboxylic acids is 1. The van der Waals surface area contributed by atoms with Gasteiger partial charge in [0.05, 0.1) is 11.0 Å². The average molecular weight is 714 g/mol. The molecule has 53 heavy (non-hydrogen) atoms. The summed E-state index contributed by atoms with van der Waals surface area (Å²) in [6.45, 7) is 9.98. The molecule has 1 atom stereocenters. The molecule has 10 heteroatoms. The van der Waals surface area contributed by atoms with Crippen molar-refractivity contribution in [2.75, 3.05) is 0 Å². The minimum atomic E-state index is -1.20. The summed E-state index contributed by atoms with van der Waals surface area (Å²) in [6, 6.07) is 32.9. The molecule has 10 nitrogen and oxygen atoms in total. The number of para-hydroxylation sites is 2. The van der Waals surface area contributed by atoms with Crippen LogP contribution in [0.15, 0.2) is 131 Å². The zero-order valence-electron chi connectivity index (χ0n) is 30.4. The van der Waals surface area contributed by atoms with Crippen LogP contribution in [0.25, 0.3) is 21.8 Å². The van der Waals surface area contributed by atoms with E-state index in [0.717, 1.165) is 22.2 Å². The zero-order chi connectivity index (χ0) is 38.3. The highest BCUT2D eigenvalue weighted by Gasteiger charge is 2.30. The molecule has 0 saturated carbocycles. The normalized spacial score (nSPS) is 11.8. The lowest BCUT2D eigenvalue weighted by Gasteiger charge is -2.26. The zero-order valence-corrected chi connectivity index (χ0v) is 30.4. The standard InChI is InChI=1S/C26H30N2O4.C17H13NO3/c1-17(2)22(25(31)32-26(3,4)5)27-24(30)20-16-28(15-18-11-7-6-8-12-18)21-14-10-9-13-19(21)23(20)29;19-16-13-8-4-5-9-15(13)18(11-14(16)17(20)21)10-12-6-2-1-3-7-12/h6-14,16-17,22H,15H2,1-5H3,(H,27,30);1-9,11H,10H2,(H,20,21)/t22-;/m0./s1. The van der Waals surface area contributed by atoms with Gasteiger partial charge in [-0.15, -0.1) is 0 Å². The number of rotatable bonds is 9. The Morgan fingerprint density at radius 3 is 1.51 bits per heavy atom. The van der Waals surface area contributed by atoms with E-state index in [1.807, 2.05) is 103 Å². The van der Waals surface area contributed by atoms with Gasteiger partial charge >= 0.3 is 11.9 Å². The van der Waals surface area contributed by atoms with Crippen LogP contribution in [0.3, 0.4) is 0 Å². The fourth-order valence-electron chi connectivity index (χ4n) is 5.91. The molecule has 6 rings (SSSR count). The van der Waals surface area contributed by atoms with Gasteiger partial charge in [0.15, 0.2) is 0 Å². The Labute approximate surface area is 307 Å². The molecule has 2 N–H and O–H groups in total. The summed E-state index contributed by atoms with van der Waals surface area (Å²) >= 11 is 0. The molecule has 0 radical (unpaired) electrons. The number of nitrogens with one attached hydrogen (secondary N) is 1. The minimum Gasteiger partial charge on any atom is -0.477 e. The first kappa shape index (κ1) is 38.0. The number of carboxylic acids is 1. The SMILES string of the molecule is CC(C)[C@H](NC(=O)c1cn(Cc2ccccc2)c2ccccc2c1=O)C(=O)OC(C)(C)C.O=C(O)c1cn(Cc2ccccc2)c2ccccc2c1=O. The lowest BCUT2D eigenvalue weighted by molar-refractivity contribution is -0.158. The van der Waals surface area contributed by atoms with Crippen LogP contribution >= 0.6 is 0 Å². The number of nitrogens with zero attached hydrogens (tertiary/aromatic N) is 2. The van der Waals surface area contributed by atoms with Gasteiger partial charge < -0.3 is 24.3 Å². The van der Waals surface area contributed by atoms with E-state index >= 15 is 0 Å².